The van der Waals surface area contributed by atoms with E-state index in [-0.39, 0.29) is 12.1 Å². The van der Waals surface area contributed by atoms with E-state index in [1.165, 1.54) is 0 Å². The van der Waals surface area contributed by atoms with Crippen molar-refractivity contribution in [3.63, 3.8) is 0 Å². The van der Waals surface area contributed by atoms with Gasteiger partial charge in [0.2, 0.25) is 10.0 Å². The van der Waals surface area contributed by atoms with Crippen LogP contribution in [0.25, 0.3) is 0 Å². The summed E-state index contributed by atoms with van der Waals surface area (Å²) in [6.45, 7) is 0. The third-order valence-electron chi connectivity index (χ3n) is 4.37. The fourth-order valence-corrected chi connectivity index (χ4v) is 5.33. The van der Waals surface area contributed by atoms with Crippen LogP contribution in [0.15, 0.2) is 47.8 Å². The van der Waals surface area contributed by atoms with Gasteiger partial charge in [-0.2, -0.15) is 4.31 Å². The minimum atomic E-state index is -3.46. The molecule has 108 valence electrons. The first-order valence-electron chi connectivity index (χ1n) is 7.05. The molecule has 2 aliphatic rings. The van der Waals surface area contributed by atoms with Gasteiger partial charge in [0.15, 0.2) is 0 Å². The molecule has 21 heavy (non-hydrogen) atoms. The molecule has 5 nitrogen and oxygen atoms in total. The molecule has 0 radical (unpaired) electrons. The van der Waals surface area contributed by atoms with Crippen molar-refractivity contribution in [2.75, 3.05) is 0 Å². The summed E-state index contributed by atoms with van der Waals surface area (Å²) in [4.78, 5) is 8.75. The van der Waals surface area contributed by atoms with Gasteiger partial charge in [0, 0.05) is 24.2 Å². The van der Waals surface area contributed by atoms with Gasteiger partial charge in [-0.15, -0.1) is 0 Å². The number of sulfonamides is 1. The summed E-state index contributed by atoms with van der Waals surface area (Å²) in [5.74, 6) is 0. The van der Waals surface area contributed by atoms with Crippen molar-refractivity contribution in [3.8, 4) is 0 Å². The van der Waals surface area contributed by atoms with Gasteiger partial charge < -0.3 is 0 Å². The second kappa shape index (κ2) is 4.61. The molecule has 0 aliphatic carbocycles. The Bertz CT molecular complexity index is 777. The van der Waals surface area contributed by atoms with Crippen LogP contribution in [0.3, 0.4) is 0 Å². The van der Waals surface area contributed by atoms with Crippen LogP contribution in [-0.2, 0) is 16.4 Å². The molecule has 2 unspecified atom stereocenters. The average molecular weight is 301 g/mol. The highest BCUT2D eigenvalue weighted by Crippen LogP contribution is 2.45. The molecule has 2 atom stereocenters. The van der Waals surface area contributed by atoms with E-state index in [0.717, 1.165) is 24.1 Å². The molecule has 1 saturated heterocycles. The molecule has 0 N–H and O–H groups in total. The summed E-state index contributed by atoms with van der Waals surface area (Å²) in [5, 5.41) is 0. The van der Waals surface area contributed by atoms with Crippen molar-refractivity contribution in [2.24, 2.45) is 0 Å². The first-order valence-corrected chi connectivity index (χ1v) is 8.49. The maximum absolute atomic E-state index is 12.9. The number of benzene rings is 1. The van der Waals surface area contributed by atoms with Crippen LogP contribution >= 0.6 is 0 Å². The van der Waals surface area contributed by atoms with E-state index in [0.29, 0.717) is 11.3 Å². The third kappa shape index (κ3) is 1.90. The second-order valence-electron chi connectivity index (χ2n) is 5.52. The Labute approximate surface area is 123 Å². The Kier molecular flexibility index (Phi) is 2.83. The highest BCUT2D eigenvalue weighted by molar-refractivity contribution is 7.89. The lowest BCUT2D eigenvalue weighted by Gasteiger charge is -2.34. The van der Waals surface area contributed by atoms with Gasteiger partial charge in [-0.25, -0.2) is 18.4 Å². The van der Waals surface area contributed by atoms with Gasteiger partial charge in [-0.05, 0) is 25.0 Å². The summed E-state index contributed by atoms with van der Waals surface area (Å²) in [6.07, 6.45) is 5.71. The molecular formula is C15H15N3O2S. The van der Waals surface area contributed by atoms with E-state index < -0.39 is 10.0 Å². The van der Waals surface area contributed by atoms with Crippen molar-refractivity contribution in [1.29, 1.82) is 0 Å². The number of nitrogens with zero attached hydrogens (tertiary/aromatic N) is 3. The number of hydrogen-bond donors (Lipinski definition) is 0. The number of fused-ring (bicyclic) bond motifs is 4. The quantitative estimate of drug-likeness (QED) is 0.850. The topological polar surface area (TPSA) is 63.2 Å². The normalized spacial score (nSPS) is 24.8. The number of rotatable bonds is 2. The van der Waals surface area contributed by atoms with Gasteiger partial charge in [-0.3, -0.25) is 0 Å². The van der Waals surface area contributed by atoms with Crippen molar-refractivity contribution >= 4 is 10.0 Å². The van der Waals surface area contributed by atoms with Crippen LogP contribution in [0, 0.1) is 0 Å². The fraction of sp³-hybridized carbons (Fsp3) is 0.333. The standard InChI is InChI=1S/C15H15N3O2S/c19-21(20,12-4-2-1-3-5-12)18-11-6-7-15(18)13-9-16-10-17-14(13)8-11/h1-5,9-11,15H,6-8H2. The van der Waals surface area contributed by atoms with Crippen molar-refractivity contribution in [2.45, 2.75) is 36.2 Å². The van der Waals surface area contributed by atoms with Gasteiger partial charge >= 0.3 is 0 Å². The summed E-state index contributed by atoms with van der Waals surface area (Å²) in [5.41, 5.74) is 1.96. The molecule has 2 bridgehead atoms. The molecule has 0 saturated carbocycles. The maximum atomic E-state index is 12.9. The minimum absolute atomic E-state index is 0.0163. The van der Waals surface area contributed by atoms with Crippen LogP contribution in [-0.4, -0.2) is 28.7 Å². The molecule has 0 spiro atoms. The SMILES string of the molecule is O=S(=O)(c1ccccc1)N1C2CCC1c1cncnc1C2. The maximum Gasteiger partial charge on any atom is 0.243 e. The van der Waals surface area contributed by atoms with E-state index >= 15 is 0 Å². The van der Waals surface area contributed by atoms with E-state index in [2.05, 4.69) is 9.97 Å². The van der Waals surface area contributed by atoms with Gasteiger partial charge in [0.05, 0.1) is 16.6 Å². The first kappa shape index (κ1) is 12.9. The van der Waals surface area contributed by atoms with Gasteiger partial charge in [0.1, 0.15) is 6.33 Å². The lowest BCUT2D eigenvalue weighted by molar-refractivity contribution is 0.300. The predicted octanol–water partition coefficient (Wildman–Crippen LogP) is 1.93. The van der Waals surface area contributed by atoms with E-state index in [4.69, 9.17) is 0 Å². The Balaban J connectivity index is 1.81. The molecule has 2 aromatic rings. The highest BCUT2D eigenvalue weighted by atomic mass is 32.2. The average Bonchev–Trinajstić information content (AvgIpc) is 2.85. The molecule has 1 fully saturated rings. The zero-order valence-electron chi connectivity index (χ0n) is 11.4. The van der Waals surface area contributed by atoms with Crippen LogP contribution in [0.1, 0.15) is 30.1 Å². The summed E-state index contributed by atoms with van der Waals surface area (Å²) >= 11 is 0. The third-order valence-corrected chi connectivity index (χ3v) is 6.35. The molecule has 1 aromatic carbocycles. The van der Waals surface area contributed by atoms with Crippen LogP contribution in [0.5, 0.6) is 0 Å². The number of aromatic nitrogens is 2. The van der Waals surface area contributed by atoms with E-state index in [9.17, 15) is 8.42 Å². The highest BCUT2D eigenvalue weighted by Gasteiger charge is 2.47. The Morgan fingerprint density at radius 2 is 1.95 bits per heavy atom. The molecule has 1 aromatic heterocycles. The van der Waals surface area contributed by atoms with Crippen LogP contribution in [0.2, 0.25) is 0 Å². The summed E-state index contributed by atoms with van der Waals surface area (Å²) < 4.78 is 27.6. The van der Waals surface area contributed by atoms with Gasteiger partial charge in [-0.1, -0.05) is 18.2 Å². The molecular weight excluding hydrogens is 286 g/mol. The minimum Gasteiger partial charge on any atom is -0.244 e. The first-order chi connectivity index (χ1) is 10.2. The lowest BCUT2D eigenvalue weighted by Crippen LogP contribution is -2.42. The monoisotopic (exact) mass is 301 g/mol. The summed E-state index contributed by atoms with van der Waals surface area (Å²) in [6, 6.07) is 8.56. The lowest BCUT2D eigenvalue weighted by atomic mass is 10.0. The largest absolute Gasteiger partial charge is 0.244 e. The molecule has 2 aliphatic heterocycles. The molecule has 6 heteroatoms. The Morgan fingerprint density at radius 1 is 1.14 bits per heavy atom. The van der Waals surface area contributed by atoms with Crippen molar-refractivity contribution in [1.82, 2.24) is 14.3 Å². The number of hydrogen-bond acceptors (Lipinski definition) is 4. The predicted molar refractivity (Wildman–Crippen MR) is 77.0 cm³/mol. The van der Waals surface area contributed by atoms with E-state index in [1.807, 2.05) is 6.07 Å². The zero-order chi connectivity index (χ0) is 14.4. The summed E-state index contributed by atoms with van der Waals surface area (Å²) in [7, 11) is -3.46. The molecule has 4 rings (SSSR count). The van der Waals surface area contributed by atoms with Gasteiger partial charge in [0.25, 0.3) is 0 Å². The van der Waals surface area contributed by atoms with E-state index in [1.54, 1.807) is 41.1 Å². The second-order valence-corrected chi connectivity index (χ2v) is 7.37. The van der Waals surface area contributed by atoms with Crippen molar-refractivity contribution in [3.05, 3.63) is 54.1 Å². The smallest absolute Gasteiger partial charge is 0.243 e. The van der Waals surface area contributed by atoms with Crippen molar-refractivity contribution < 1.29 is 8.42 Å². The molecule has 0 amide bonds. The zero-order valence-corrected chi connectivity index (χ0v) is 12.2. The Hall–Kier alpha value is -1.79. The van der Waals surface area contributed by atoms with Crippen LogP contribution in [0.4, 0.5) is 0 Å². The fourth-order valence-electron chi connectivity index (χ4n) is 3.46. The molecule has 3 heterocycles. The van der Waals surface area contributed by atoms with Crippen LogP contribution < -0.4 is 0 Å². The Morgan fingerprint density at radius 3 is 2.76 bits per heavy atom.